The Labute approximate surface area is 221 Å². The highest BCUT2D eigenvalue weighted by molar-refractivity contribution is 6.03. The molecule has 2 aliphatic rings. The van der Waals surface area contributed by atoms with E-state index in [1.807, 2.05) is 36.0 Å². The van der Waals surface area contributed by atoms with E-state index in [9.17, 15) is 9.59 Å². The minimum Gasteiger partial charge on any atom is -0.481 e. The van der Waals surface area contributed by atoms with E-state index in [0.717, 1.165) is 18.4 Å². The number of carbonyl (C=O) groups excluding carboxylic acids is 2. The van der Waals surface area contributed by atoms with Gasteiger partial charge in [-0.25, -0.2) is 19.7 Å². The Morgan fingerprint density at radius 2 is 2.00 bits per heavy atom. The Hall–Kier alpha value is -4.51. The maximum atomic E-state index is 13.7. The van der Waals surface area contributed by atoms with Gasteiger partial charge in [-0.05, 0) is 51.2 Å². The first-order chi connectivity index (χ1) is 18.4. The number of anilines is 5. The van der Waals surface area contributed by atoms with Crippen molar-refractivity contribution in [2.45, 2.75) is 25.4 Å². The van der Waals surface area contributed by atoms with Crippen LogP contribution in [0.25, 0.3) is 0 Å². The number of methoxy groups -OCH3 is 1. The number of aromatic nitrogens is 3. The number of nitrogens with one attached hydrogen (secondary N) is 2. The molecule has 38 heavy (non-hydrogen) atoms. The van der Waals surface area contributed by atoms with Crippen LogP contribution in [0, 0.1) is 0 Å². The Kier molecular flexibility index (Phi) is 7.18. The number of nitrogens with zero attached hydrogens (tertiary/aromatic N) is 6. The van der Waals surface area contributed by atoms with E-state index in [2.05, 4.69) is 20.6 Å². The van der Waals surface area contributed by atoms with Crippen LogP contribution < -0.4 is 20.3 Å². The van der Waals surface area contributed by atoms with Crippen molar-refractivity contribution in [2.75, 3.05) is 43.3 Å². The topological polar surface area (TPSA) is 116 Å². The Morgan fingerprint density at radius 1 is 1.16 bits per heavy atom. The molecule has 1 aliphatic heterocycles. The number of rotatable bonds is 9. The summed E-state index contributed by atoms with van der Waals surface area (Å²) >= 11 is 0. The molecule has 1 saturated carbocycles. The summed E-state index contributed by atoms with van der Waals surface area (Å²) in [4.78, 5) is 44.9. The number of likely N-dealkylation sites (N-methyl/N-ethyl adjacent to an activating group) is 1. The molecule has 3 heterocycles. The number of hydrogen-bond acceptors (Lipinski definition) is 8. The van der Waals surface area contributed by atoms with Crippen molar-refractivity contribution in [1.82, 2.24) is 24.8 Å². The van der Waals surface area contributed by atoms with Crippen LogP contribution >= 0.6 is 0 Å². The van der Waals surface area contributed by atoms with E-state index < -0.39 is 0 Å². The first-order valence-electron chi connectivity index (χ1n) is 12.4. The number of pyridine rings is 1. The zero-order valence-corrected chi connectivity index (χ0v) is 21.6. The molecule has 1 aromatic carbocycles. The Bertz CT molecular complexity index is 1350. The summed E-state index contributed by atoms with van der Waals surface area (Å²) < 4.78 is 5.11. The average molecular weight is 515 g/mol. The average Bonchev–Trinajstić information content (AvgIpc) is 3.74. The predicted octanol–water partition coefficient (Wildman–Crippen LogP) is 3.92. The van der Waals surface area contributed by atoms with Gasteiger partial charge in [0.25, 0.3) is 0 Å². The summed E-state index contributed by atoms with van der Waals surface area (Å²) in [5, 5.41) is 6.02. The van der Waals surface area contributed by atoms with E-state index in [4.69, 9.17) is 9.72 Å². The van der Waals surface area contributed by atoms with Gasteiger partial charge in [-0.1, -0.05) is 12.1 Å². The lowest BCUT2D eigenvalue weighted by Gasteiger charge is -2.36. The lowest BCUT2D eigenvalue weighted by molar-refractivity contribution is -0.111. The fourth-order valence-corrected chi connectivity index (χ4v) is 4.12. The second-order valence-corrected chi connectivity index (χ2v) is 9.44. The van der Waals surface area contributed by atoms with Gasteiger partial charge in [-0.15, -0.1) is 0 Å². The number of carbonyl (C=O) groups is 2. The highest BCUT2D eigenvalue weighted by Crippen LogP contribution is 2.39. The number of fused-ring (bicyclic) bond motifs is 1. The van der Waals surface area contributed by atoms with Crippen molar-refractivity contribution in [1.29, 1.82) is 0 Å². The number of ether oxygens (including phenoxy) is 1. The van der Waals surface area contributed by atoms with Crippen molar-refractivity contribution in [3.05, 3.63) is 66.5 Å². The van der Waals surface area contributed by atoms with Gasteiger partial charge in [-0.2, -0.15) is 4.98 Å². The molecule has 5 rings (SSSR count). The molecule has 1 fully saturated rings. The minimum atomic E-state index is -0.240. The SMILES string of the molecule is COc1ccc(Nc2ncc3c(n2)N(c2cccc(NC(=O)/C=C/CN(C)C)c2)C(=O)N(C2CC2)C3)cn1. The summed E-state index contributed by atoms with van der Waals surface area (Å²) in [6.07, 6.45) is 8.63. The van der Waals surface area contributed by atoms with E-state index in [0.29, 0.717) is 47.8 Å². The van der Waals surface area contributed by atoms with Gasteiger partial charge >= 0.3 is 6.03 Å². The molecule has 0 spiro atoms. The van der Waals surface area contributed by atoms with Crippen molar-refractivity contribution < 1.29 is 14.3 Å². The summed E-state index contributed by atoms with van der Waals surface area (Å²) in [5.41, 5.74) is 2.71. The van der Waals surface area contributed by atoms with Gasteiger partial charge in [0.1, 0.15) is 0 Å². The van der Waals surface area contributed by atoms with E-state index >= 15 is 0 Å². The second-order valence-electron chi connectivity index (χ2n) is 9.44. The van der Waals surface area contributed by atoms with Gasteiger partial charge in [0, 0.05) is 42.2 Å². The maximum absolute atomic E-state index is 13.7. The van der Waals surface area contributed by atoms with E-state index in [1.165, 1.54) is 6.08 Å². The van der Waals surface area contributed by atoms with Crippen molar-refractivity contribution in [2.24, 2.45) is 0 Å². The molecule has 1 aliphatic carbocycles. The maximum Gasteiger partial charge on any atom is 0.330 e. The van der Waals surface area contributed by atoms with Gasteiger partial charge in [-0.3, -0.25) is 4.79 Å². The fraction of sp³-hybridized carbons (Fsp3) is 0.296. The molecule has 0 unspecified atom stereocenters. The van der Waals surface area contributed by atoms with Crippen molar-refractivity contribution in [3.63, 3.8) is 0 Å². The summed E-state index contributed by atoms with van der Waals surface area (Å²) in [7, 11) is 5.42. The minimum absolute atomic E-state index is 0.148. The van der Waals surface area contributed by atoms with Crippen LogP contribution in [0.5, 0.6) is 5.88 Å². The number of hydrogen-bond donors (Lipinski definition) is 2. The molecule has 11 heteroatoms. The van der Waals surface area contributed by atoms with Crippen LogP contribution in [0.4, 0.5) is 33.6 Å². The Morgan fingerprint density at radius 3 is 2.71 bits per heavy atom. The smallest absolute Gasteiger partial charge is 0.330 e. The van der Waals surface area contributed by atoms with Gasteiger partial charge in [0.2, 0.25) is 17.7 Å². The largest absolute Gasteiger partial charge is 0.481 e. The summed E-state index contributed by atoms with van der Waals surface area (Å²) in [6, 6.07) is 10.8. The highest BCUT2D eigenvalue weighted by atomic mass is 16.5. The molecule has 0 radical (unpaired) electrons. The summed E-state index contributed by atoms with van der Waals surface area (Å²) in [5.74, 6) is 1.10. The molecule has 11 nitrogen and oxygen atoms in total. The third kappa shape index (κ3) is 5.73. The first-order valence-corrected chi connectivity index (χ1v) is 12.4. The van der Waals surface area contributed by atoms with Crippen LogP contribution in [0.1, 0.15) is 18.4 Å². The standard InChI is InChI=1S/C27H30N8O3/c1-33(2)13-5-8-23(36)30-19-6-4-7-22(14-19)35-25-18(17-34(27(35)37)21-10-11-21)15-29-26(32-25)31-20-9-12-24(38-3)28-16-20/h4-9,12,14-16,21H,10-11,13,17H2,1-3H3,(H,30,36)(H,29,31,32)/b8-5+. The lowest BCUT2D eigenvalue weighted by atomic mass is 10.1. The molecule has 196 valence electrons. The lowest BCUT2D eigenvalue weighted by Crippen LogP contribution is -2.46. The van der Waals surface area contributed by atoms with Crippen LogP contribution in [0.15, 0.2) is 60.9 Å². The monoisotopic (exact) mass is 514 g/mol. The van der Waals surface area contributed by atoms with Crippen LogP contribution in [0.3, 0.4) is 0 Å². The third-order valence-electron chi connectivity index (χ3n) is 6.13. The molecule has 3 amide bonds. The van der Waals surface area contributed by atoms with Crippen LogP contribution in [-0.2, 0) is 11.3 Å². The molecular weight excluding hydrogens is 484 g/mol. The van der Waals surface area contributed by atoms with Gasteiger partial charge < -0.3 is 25.2 Å². The van der Waals surface area contributed by atoms with Gasteiger partial charge in [0.15, 0.2) is 5.82 Å². The highest BCUT2D eigenvalue weighted by Gasteiger charge is 2.41. The molecule has 2 aromatic heterocycles. The van der Waals surface area contributed by atoms with Crippen molar-refractivity contribution in [3.8, 4) is 5.88 Å². The van der Waals surface area contributed by atoms with Crippen LogP contribution in [0.2, 0.25) is 0 Å². The Balaban J connectivity index is 1.44. The van der Waals surface area contributed by atoms with E-state index in [1.54, 1.807) is 54.7 Å². The second kappa shape index (κ2) is 10.9. The molecule has 3 aromatic rings. The quantitative estimate of drug-likeness (QED) is 0.413. The van der Waals surface area contributed by atoms with Crippen LogP contribution in [-0.4, -0.2) is 70.5 Å². The van der Waals surface area contributed by atoms with Gasteiger partial charge in [0.05, 0.1) is 31.2 Å². The zero-order chi connectivity index (χ0) is 26.6. The molecular formula is C27H30N8O3. The number of amides is 3. The summed E-state index contributed by atoms with van der Waals surface area (Å²) in [6.45, 7) is 1.11. The molecule has 0 saturated heterocycles. The number of urea groups is 1. The first kappa shape index (κ1) is 25.2. The van der Waals surface area contributed by atoms with Crippen molar-refractivity contribution >= 4 is 40.8 Å². The predicted molar refractivity (Wildman–Crippen MR) is 145 cm³/mol. The number of benzene rings is 1. The molecule has 2 N–H and O–H groups in total. The molecule has 0 atom stereocenters. The normalized spacial score (nSPS) is 15.1. The van der Waals surface area contributed by atoms with E-state index in [-0.39, 0.29) is 18.0 Å². The molecule has 0 bridgehead atoms. The third-order valence-corrected chi connectivity index (χ3v) is 6.13. The fourth-order valence-electron chi connectivity index (χ4n) is 4.12. The zero-order valence-electron chi connectivity index (χ0n) is 21.6.